The van der Waals surface area contributed by atoms with Crippen LogP contribution in [0.5, 0.6) is 0 Å². The van der Waals surface area contributed by atoms with Crippen LogP contribution in [-0.4, -0.2) is 16.7 Å². The summed E-state index contributed by atoms with van der Waals surface area (Å²) in [6.45, 7) is 5.45. The standard InChI is InChI=1S/C14H15NO4/c1-14(2,3)15(13(17)18)10-5-6-11-9(8-10)4-7-12(16)19-11/h4-8H,1-3H3,(H,17,18). The van der Waals surface area contributed by atoms with Crippen molar-refractivity contribution in [3.8, 4) is 0 Å². The summed E-state index contributed by atoms with van der Waals surface area (Å²) < 4.78 is 5.02. The molecule has 1 N–H and O–H groups in total. The van der Waals surface area contributed by atoms with Crippen LogP contribution in [0.2, 0.25) is 0 Å². The third-order valence-electron chi connectivity index (χ3n) is 2.72. The van der Waals surface area contributed by atoms with Crippen molar-refractivity contribution >= 4 is 22.7 Å². The summed E-state index contributed by atoms with van der Waals surface area (Å²) in [5.41, 5.74) is -0.00205. The van der Waals surface area contributed by atoms with E-state index < -0.39 is 17.3 Å². The van der Waals surface area contributed by atoms with Gasteiger partial charge >= 0.3 is 11.7 Å². The summed E-state index contributed by atoms with van der Waals surface area (Å²) in [5.74, 6) is 0. The maximum absolute atomic E-state index is 11.4. The van der Waals surface area contributed by atoms with Gasteiger partial charge in [-0.15, -0.1) is 0 Å². The molecule has 0 aliphatic carbocycles. The van der Waals surface area contributed by atoms with Crippen molar-refractivity contribution in [2.24, 2.45) is 0 Å². The molecule has 0 radical (unpaired) electrons. The number of nitrogens with zero attached hydrogens (tertiary/aromatic N) is 1. The molecule has 100 valence electrons. The van der Waals surface area contributed by atoms with Gasteiger partial charge in [0.2, 0.25) is 0 Å². The second-order valence-corrected chi connectivity index (χ2v) is 5.27. The molecular weight excluding hydrogens is 246 g/mol. The molecular formula is C14H15NO4. The number of rotatable bonds is 1. The first kappa shape index (κ1) is 13.1. The molecule has 19 heavy (non-hydrogen) atoms. The Morgan fingerprint density at radius 1 is 1.21 bits per heavy atom. The summed E-state index contributed by atoms with van der Waals surface area (Å²) in [6, 6.07) is 7.86. The Kier molecular flexibility index (Phi) is 3.06. The Hall–Kier alpha value is -2.30. The van der Waals surface area contributed by atoms with Crippen molar-refractivity contribution < 1.29 is 14.3 Å². The number of carbonyl (C=O) groups is 1. The third kappa shape index (κ3) is 2.59. The monoisotopic (exact) mass is 261 g/mol. The molecule has 0 bridgehead atoms. The first-order valence-electron chi connectivity index (χ1n) is 5.86. The van der Waals surface area contributed by atoms with E-state index in [1.807, 2.05) is 20.8 Å². The second kappa shape index (κ2) is 4.42. The molecule has 2 rings (SSSR count). The number of hydrogen-bond acceptors (Lipinski definition) is 3. The highest BCUT2D eigenvalue weighted by atomic mass is 16.4. The first-order valence-corrected chi connectivity index (χ1v) is 5.86. The smallest absolute Gasteiger partial charge is 0.412 e. The molecule has 2 aromatic rings. The van der Waals surface area contributed by atoms with E-state index in [9.17, 15) is 14.7 Å². The maximum Gasteiger partial charge on any atom is 0.412 e. The molecule has 1 amide bonds. The summed E-state index contributed by atoms with van der Waals surface area (Å²) in [6.07, 6.45) is -1.02. The number of fused-ring (bicyclic) bond motifs is 1. The fourth-order valence-electron chi connectivity index (χ4n) is 1.98. The van der Waals surface area contributed by atoms with Crippen LogP contribution in [0.25, 0.3) is 11.0 Å². The van der Waals surface area contributed by atoms with Crippen molar-refractivity contribution in [3.05, 3.63) is 40.8 Å². The maximum atomic E-state index is 11.4. The van der Waals surface area contributed by atoms with Crippen LogP contribution >= 0.6 is 0 Å². The predicted octanol–water partition coefficient (Wildman–Crippen LogP) is 3.08. The van der Waals surface area contributed by atoms with E-state index in [0.29, 0.717) is 16.7 Å². The van der Waals surface area contributed by atoms with E-state index in [0.717, 1.165) is 0 Å². The number of benzene rings is 1. The predicted molar refractivity (Wildman–Crippen MR) is 72.7 cm³/mol. The molecule has 0 atom stereocenters. The van der Waals surface area contributed by atoms with Gasteiger partial charge in [0.25, 0.3) is 0 Å². The van der Waals surface area contributed by atoms with E-state index >= 15 is 0 Å². The van der Waals surface area contributed by atoms with Gasteiger partial charge in [-0.2, -0.15) is 0 Å². The van der Waals surface area contributed by atoms with E-state index in [-0.39, 0.29) is 0 Å². The number of anilines is 1. The van der Waals surface area contributed by atoms with Gasteiger partial charge in [-0.25, -0.2) is 9.59 Å². The highest BCUT2D eigenvalue weighted by molar-refractivity contribution is 5.91. The first-order chi connectivity index (χ1) is 8.79. The summed E-state index contributed by atoms with van der Waals surface area (Å²) in [7, 11) is 0. The minimum atomic E-state index is -1.02. The lowest BCUT2D eigenvalue weighted by atomic mass is 10.0. The topological polar surface area (TPSA) is 70.8 Å². The molecule has 5 nitrogen and oxygen atoms in total. The van der Waals surface area contributed by atoms with Crippen molar-refractivity contribution in [1.82, 2.24) is 0 Å². The molecule has 1 aromatic carbocycles. The Morgan fingerprint density at radius 3 is 2.47 bits per heavy atom. The molecule has 0 saturated carbocycles. The normalized spacial score (nSPS) is 11.5. The highest BCUT2D eigenvalue weighted by Crippen LogP contribution is 2.27. The van der Waals surface area contributed by atoms with Gasteiger partial charge in [-0.1, -0.05) is 0 Å². The number of amides is 1. The van der Waals surface area contributed by atoms with Crippen molar-refractivity contribution in [2.75, 3.05) is 4.90 Å². The van der Waals surface area contributed by atoms with Crippen LogP contribution in [0.15, 0.2) is 39.5 Å². The summed E-state index contributed by atoms with van der Waals surface area (Å²) in [4.78, 5) is 23.8. The Bertz CT molecular complexity index is 682. The summed E-state index contributed by atoms with van der Waals surface area (Å²) >= 11 is 0. The molecule has 5 heteroatoms. The minimum absolute atomic E-state index is 0.425. The molecule has 0 aliphatic rings. The molecule has 0 aliphatic heterocycles. The average molecular weight is 261 g/mol. The molecule has 1 aromatic heterocycles. The van der Waals surface area contributed by atoms with Crippen LogP contribution in [0.4, 0.5) is 10.5 Å². The van der Waals surface area contributed by atoms with Gasteiger partial charge in [-0.3, -0.25) is 4.90 Å². The quantitative estimate of drug-likeness (QED) is 0.801. The molecule has 1 heterocycles. The number of carboxylic acid groups (broad SMARTS) is 1. The molecule has 0 fully saturated rings. The van der Waals surface area contributed by atoms with Gasteiger partial charge in [0.1, 0.15) is 5.58 Å². The van der Waals surface area contributed by atoms with Crippen LogP contribution in [0.3, 0.4) is 0 Å². The molecule has 0 saturated heterocycles. The zero-order valence-corrected chi connectivity index (χ0v) is 11.0. The SMILES string of the molecule is CC(C)(C)N(C(=O)O)c1ccc2oc(=O)ccc2c1. The van der Waals surface area contributed by atoms with Crippen LogP contribution in [0.1, 0.15) is 20.8 Å². The lowest BCUT2D eigenvalue weighted by molar-refractivity contribution is 0.195. The van der Waals surface area contributed by atoms with Gasteiger partial charge in [0.15, 0.2) is 0 Å². The Balaban J connectivity index is 2.59. The van der Waals surface area contributed by atoms with E-state index in [4.69, 9.17) is 4.42 Å². The largest absolute Gasteiger partial charge is 0.465 e. The van der Waals surface area contributed by atoms with E-state index in [1.165, 1.54) is 11.0 Å². The van der Waals surface area contributed by atoms with Crippen LogP contribution in [0, 0.1) is 0 Å². The van der Waals surface area contributed by atoms with Crippen molar-refractivity contribution in [3.63, 3.8) is 0 Å². The van der Waals surface area contributed by atoms with Crippen molar-refractivity contribution in [1.29, 1.82) is 0 Å². The highest BCUT2D eigenvalue weighted by Gasteiger charge is 2.27. The Morgan fingerprint density at radius 2 is 1.89 bits per heavy atom. The van der Waals surface area contributed by atoms with Gasteiger partial charge in [0, 0.05) is 22.7 Å². The minimum Gasteiger partial charge on any atom is -0.465 e. The average Bonchev–Trinajstić information content (AvgIpc) is 2.27. The molecule has 0 spiro atoms. The second-order valence-electron chi connectivity index (χ2n) is 5.27. The lowest BCUT2D eigenvalue weighted by Crippen LogP contribution is -2.45. The van der Waals surface area contributed by atoms with Gasteiger partial charge in [0.05, 0.1) is 0 Å². The zero-order valence-electron chi connectivity index (χ0n) is 11.0. The molecule has 0 unspecified atom stereocenters. The number of hydrogen-bond donors (Lipinski definition) is 1. The van der Waals surface area contributed by atoms with E-state index in [2.05, 4.69) is 0 Å². The fraction of sp³-hybridized carbons (Fsp3) is 0.286. The van der Waals surface area contributed by atoms with Gasteiger partial charge in [-0.05, 0) is 45.0 Å². The van der Waals surface area contributed by atoms with Crippen LogP contribution in [-0.2, 0) is 0 Å². The van der Waals surface area contributed by atoms with E-state index in [1.54, 1.807) is 24.3 Å². The third-order valence-corrected chi connectivity index (χ3v) is 2.72. The van der Waals surface area contributed by atoms with Gasteiger partial charge < -0.3 is 9.52 Å². The zero-order chi connectivity index (χ0) is 14.2. The Labute approximate surface area is 110 Å². The van der Waals surface area contributed by atoms with Crippen LogP contribution < -0.4 is 10.5 Å². The lowest BCUT2D eigenvalue weighted by Gasteiger charge is -2.33. The summed E-state index contributed by atoms with van der Waals surface area (Å²) in [5, 5.41) is 10.0. The fourth-order valence-corrected chi connectivity index (χ4v) is 1.98. The van der Waals surface area contributed by atoms with Crippen molar-refractivity contribution in [2.45, 2.75) is 26.3 Å².